The van der Waals surface area contributed by atoms with Crippen LogP contribution in [0, 0.1) is 0 Å². The molecule has 1 aliphatic rings. The van der Waals surface area contributed by atoms with Crippen LogP contribution in [0.25, 0.3) is 0 Å². The number of rotatable bonds is 7. The van der Waals surface area contributed by atoms with Crippen LogP contribution in [0.4, 0.5) is 11.4 Å². The van der Waals surface area contributed by atoms with E-state index in [-0.39, 0.29) is 5.91 Å². The lowest BCUT2D eigenvalue weighted by Gasteiger charge is -2.36. The molecule has 1 amide bonds. The SMILES string of the molecule is CCCCN(C)c1ccc(C(=O)N2CCN(c3ccc(OC)cc3)CC2)nc1. The molecule has 1 fully saturated rings. The number of nitrogens with zero attached hydrogens (tertiary/aromatic N) is 4. The molecule has 2 aromatic rings. The smallest absolute Gasteiger partial charge is 0.272 e. The van der Waals surface area contributed by atoms with Crippen molar-refractivity contribution in [3.8, 4) is 5.75 Å². The van der Waals surface area contributed by atoms with E-state index in [0.29, 0.717) is 18.8 Å². The fourth-order valence-corrected chi connectivity index (χ4v) is 3.39. The second-order valence-corrected chi connectivity index (χ2v) is 7.15. The number of methoxy groups -OCH3 is 1. The maximum absolute atomic E-state index is 12.8. The van der Waals surface area contributed by atoms with E-state index in [0.717, 1.165) is 49.6 Å². The number of unbranched alkanes of at least 4 members (excludes halogenated alkanes) is 1. The number of ether oxygens (including phenoxy) is 1. The second-order valence-electron chi connectivity index (χ2n) is 7.15. The van der Waals surface area contributed by atoms with Crippen LogP contribution < -0.4 is 14.5 Å². The largest absolute Gasteiger partial charge is 0.497 e. The number of hydrogen-bond acceptors (Lipinski definition) is 5. The Balaban J connectivity index is 1.55. The zero-order valence-electron chi connectivity index (χ0n) is 17.1. The summed E-state index contributed by atoms with van der Waals surface area (Å²) in [6.07, 6.45) is 4.11. The minimum absolute atomic E-state index is 0.0112. The van der Waals surface area contributed by atoms with Gasteiger partial charge < -0.3 is 19.4 Å². The van der Waals surface area contributed by atoms with Crippen LogP contribution in [0.2, 0.25) is 0 Å². The number of anilines is 2. The Morgan fingerprint density at radius 1 is 1.11 bits per heavy atom. The van der Waals surface area contributed by atoms with E-state index >= 15 is 0 Å². The van der Waals surface area contributed by atoms with Gasteiger partial charge in [0.1, 0.15) is 11.4 Å². The molecule has 0 aliphatic carbocycles. The minimum Gasteiger partial charge on any atom is -0.497 e. The Bertz CT molecular complexity index is 753. The first kappa shape index (κ1) is 20.0. The van der Waals surface area contributed by atoms with Gasteiger partial charge in [-0.2, -0.15) is 0 Å². The predicted octanol–water partition coefficient (Wildman–Crippen LogP) is 3.29. The van der Waals surface area contributed by atoms with E-state index in [1.807, 2.05) is 29.2 Å². The van der Waals surface area contributed by atoms with Crippen molar-refractivity contribution in [2.75, 3.05) is 56.7 Å². The van der Waals surface area contributed by atoms with Crippen LogP contribution in [-0.4, -0.2) is 62.7 Å². The topological polar surface area (TPSA) is 48.9 Å². The molecule has 2 heterocycles. The summed E-state index contributed by atoms with van der Waals surface area (Å²) in [5.74, 6) is 0.865. The van der Waals surface area contributed by atoms with Crippen molar-refractivity contribution >= 4 is 17.3 Å². The molecule has 0 bridgehead atoms. The van der Waals surface area contributed by atoms with Gasteiger partial charge >= 0.3 is 0 Å². The molecule has 0 unspecified atom stereocenters. The van der Waals surface area contributed by atoms with Crippen molar-refractivity contribution in [1.82, 2.24) is 9.88 Å². The quantitative estimate of drug-likeness (QED) is 0.735. The summed E-state index contributed by atoms with van der Waals surface area (Å²) in [5, 5.41) is 0. The molecular formula is C22H30N4O2. The Hall–Kier alpha value is -2.76. The van der Waals surface area contributed by atoms with Crippen molar-refractivity contribution in [3.63, 3.8) is 0 Å². The standard InChI is InChI=1S/C22H30N4O2/c1-4-5-12-24(2)19-8-11-21(23-17-19)22(27)26-15-13-25(14-16-26)18-6-9-20(28-3)10-7-18/h6-11,17H,4-5,12-16H2,1-3H3. The number of amides is 1. The first-order valence-corrected chi connectivity index (χ1v) is 9.98. The van der Waals surface area contributed by atoms with Crippen LogP contribution >= 0.6 is 0 Å². The fourth-order valence-electron chi connectivity index (χ4n) is 3.39. The van der Waals surface area contributed by atoms with Gasteiger partial charge in [-0.05, 0) is 42.8 Å². The van der Waals surface area contributed by atoms with E-state index in [4.69, 9.17) is 4.74 Å². The van der Waals surface area contributed by atoms with E-state index in [9.17, 15) is 4.79 Å². The van der Waals surface area contributed by atoms with Gasteiger partial charge in [0.05, 0.1) is 19.0 Å². The van der Waals surface area contributed by atoms with Gasteiger partial charge in [0.15, 0.2) is 0 Å². The molecule has 28 heavy (non-hydrogen) atoms. The van der Waals surface area contributed by atoms with Crippen molar-refractivity contribution in [1.29, 1.82) is 0 Å². The van der Waals surface area contributed by atoms with Crippen LogP contribution in [0.1, 0.15) is 30.3 Å². The number of carbonyl (C=O) groups is 1. The van der Waals surface area contributed by atoms with E-state index in [1.165, 1.54) is 0 Å². The summed E-state index contributed by atoms with van der Waals surface area (Å²) in [6.45, 7) is 6.21. The maximum atomic E-state index is 12.8. The van der Waals surface area contributed by atoms with Gasteiger partial charge in [0.2, 0.25) is 0 Å². The van der Waals surface area contributed by atoms with E-state index < -0.39 is 0 Å². The highest BCUT2D eigenvalue weighted by molar-refractivity contribution is 5.92. The lowest BCUT2D eigenvalue weighted by molar-refractivity contribution is 0.0741. The molecule has 1 aromatic carbocycles. The molecule has 1 saturated heterocycles. The average Bonchev–Trinajstić information content (AvgIpc) is 2.77. The third-order valence-corrected chi connectivity index (χ3v) is 5.26. The Morgan fingerprint density at radius 2 is 1.82 bits per heavy atom. The number of aromatic nitrogens is 1. The summed E-state index contributed by atoms with van der Waals surface area (Å²) in [4.78, 5) is 23.6. The van der Waals surface area contributed by atoms with Crippen molar-refractivity contribution < 1.29 is 9.53 Å². The first-order valence-electron chi connectivity index (χ1n) is 9.98. The zero-order chi connectivity index (χ0) is 19.9. The lowest BCUT2D eigenvalue weighted by Crippen LogP contribution is -2.49. The van der Waals surface area contributed by atoms with Gasteiger partial charge in [0, 0.05) is 45.5 Å². The number of piperazine rings is 1. The number of pyridine rings is 1. The summed E-state index contributed by atoms with van der Waals surface area (Å²) in [6, 6.07) is 11.9. The van der Waals surface area contributed by atoms with Crippen LogP contribution in [-0.2, 0) is 0 Å². The summed E-state index contributed by atoms with van der Waals surface area (Å²) >= 11 is 0. The highest BCUT2D eigenvalue weighted by atomic mass is 16.5. The van der Waals surface area contributed by atoms with Gasteiger partial charge in [-0.1, -0.05) is 13.3 Å². The molecular weight excluding hydrogens is 352 g/mol. The predicted molar refractivity (Wildman–Crippen MR) is 114 cm³/mol. The fraction of sp³-hybridized carbons (Fsp3) is 0.455. The first-order chi connectivity index (χ1) is 13.6. The van der Waals surface area contributed by atoms with Gasteiger partial charge in [-0.3, -0.25) is 4.79 Å². The molecule has 3 rings (SSSR count). The van der Waals surface area contributed by atoms with Gasteiger partial charge in [0.25, 0.3) is 5.91 Å². The lowest BCUT2D eigenvalue weighted by atomic mass is 10.2. The normalized spacial score (nSPS) is 14.1. The second kappa shape index (κ2) is 9.44. The maximum Gasteiger partial charge on any atom is 0.272 e. The molecule has 6 heteroatoms. The monoisotopic (exact) mass is 382 g/mol. The van der Waals surface area contributed by atoms with Gasteiger partial charge in [-0.25, -0.2) is 4.98 Å². The van der Waals surface area contributed by atoms with Crippen LogP contribution in [0.15, 0.2) is 42.6 Å². The van der Waals surface area contributed by atoms with Crippen LogP contribution in [0.5, 0.6) is 5.75 Å². The van der Waals surface area contributed by atoms with Crippen LogP contribution in [0.3, 0.4) is 0 Å². The Kier molecular flexibility index (Phi) is 6.74. The third-order valence-electron chi connectivity index (χ3n) is 5.26. The van der Waals surface area contributed by atoms with Crippen molar-refractivity contribution in [2.24, 2.45) is 0 Å². The number of hydrogen-bond donors (Lipinski definition) is 0. The summed E-state index contributed by atoms with van der Waals surface area (Å²) in [7, 11) is 3.73. The van der Waals surface area contributed by atoms with Gasteiger partial charge in [-0.15, -0.1) is 0 Å². The summed E-state index contributed by atoms with van der Waals surface area (Å²) in [5.41, 5.74) is 2.73. The molecule has 0 saturated carbocycles. The molecule has 6 nitrogen and oxygen atoms in total. The zero-order valence-corrected chi connectivity index (χ0v) is 17.1. The minimum atomic E-state index is 0.0112. The van der Waals surface area contributed by atoms with E-state index in [2.05, 4.69) is 40.9 Å². The summed E-state index contributed by atoms with van der Waals surface area (Å²) < 4.78 is 5.21. The highest BCUT2D eigenvalue weighted by Gasteiger charge is 2.23. The third kappa shape index (κ3) is 4.74. The van der Waals surface area contributed by atoms with E-state index in [1.54, 1.807) is 13.3 Å². The molecule has 0 N–H and O–H groups in total. The molecule has 1 aromatic heterocycles. The Labute approximate surface area is 167 Å². The highest BCUT2D eigenvalue weighted by Crippen LogP contribution is 2.21. The van der Waals surface area contributed by atoms with Crippen molar-refractivity contribution in [3.05, 3.63) is 48.3 Å². The number of carbonyl (C=O) groups excluding carboxylic acids is 1. The molecule has 0 spiro atoms. The molecule has 0 atom stereocenters. The molecule has 0 radical (unpaired) electrons. The molecule has 1 aliphatic heterocycles. The number of benzene rings is 1. The average molecular weight is 383 g/mol. The Morgan fingerprint density at radius 3 is 2.39 bits per heavy atom. The molecule has 150 valence electrons. The van der Waals surface area contributed by atoms with Crippen molar-refractivity contribution in [2.45, 2.75) is 19.8 Å².